The van der Waals surface area contributed by atoms with Crippen molar-refractivity contribution in [1.82, 2.24) is 10.2 Å². The molecule has 0 unspecified atom stereocenters. The Morgan fingerprint density at radius 1 is 1.00 bits per heavy atom. The Bertz CT molecular complexity index is 1260. The zero-order valence-corrected chi connectivity index (χ0v) is 20.3. The van der Waals surface area contributed by atoms with Gasteiger partial charge in [-0.2, -0.15) is 0 Å². The summed E-state index contributed by atoms with van der Waals surface area (Å²) in [7, 11) is 3.96. The van der Waals surface area contributed by atoms with Crippen LogP contribution in [0.4, 0.5) is 17.1 Å². The molecule has 1 aliphatic heterocycles. The molecule has 0 aliphatic carbocycles. The Labute approximate surface area is 209 Å². The van der Waals surface area contributed by atoms with Gasteiger partial charge in [-0.1, -0.05) is 42.5 Å². The van der Waals surface area contributed by atoms with Gasteiger partial charge in [0, 0.05) is 57.2 Å². The average molecular weight is 488 g/mol. The first-order valence-corrected chi connectivity index (χ1v) is 11.7. The van der Waals surface area contributed by atoms with E-state index in [0.29, 0.717) is 0 Å². The zero-order chi connectivity index (χ0) is 25.7. The molecule has 3 aromatic rings. The van der Waals surface area contributed by atoms with E-state index in [9.17, 15) is 19.7 Å². The Morgan fingerprint density at radius 3 is 2.42 bits per heavy atom. The highest BCUT2D eigenvalue weighted by atomic mass is 16.6. The SMILES string of the molecule is CN(C)c1ccc([C@@H](CNC(=O)C(=O)Nc2cccc([N+](=O)[O-])c2)N2CCc3ccccc3C2)cc1. The molecule has 3 aromatic carbocycles. The molecule has 0 bridgehead atoms. The lowest BCUT2D eigenvalue weighted by molar-refractivity contribution is -0.384. The van der Waals surface area contributed by atoms with E-state index >= 15 is 0 Å². The molecule has 0 radical (unpaired) electrons. The number of non-ortho nitro benzene ring substituents is 1. The number of hydrogen-bond donors (Lipinski definition) is 2. The largest absolute Gasteiger partial charge is 0.378 e. The van der Waals surface area contributed by atoms with Gasteiger partial charge in [-0.3, -0.25) is 24.6 Å². The van der Waals surface area contributed by atoms with E-state index in [2.05, 4.69) is 39.8 Å². The van der Waals surface area contributed by atoms with Gasteiger partial charge in [-0.15, -0.1) is 0 Å². The maximum atomic E-state index is 12.6. The van der Waals surface area contributed by atoms with Crippen molar-refractivity contribution in [1.29, 1.82) is 0 Å². The molecule has 0 saturated heterocycles. The van der Waals surface area contributed by atoms with Crippen LogP contribution in [0, 0.1) is 10.1 Å². The summed E-state index contributed by atoms with van der Waals surface area (Å²) in [5.74, 6) is -1.67. The second-order valence-electron chi connectivity index (χ2n) is 8.96. The lowest BCUT2D eigenvalue weighted by Crippen LogP contribution is -2.43. The number of rotatable bonds is 7. The fraction of sp³-hybridized carbons (Fsp3) is 0.259. The van der Waals surface area contributed by atoms with Crippen LogP contribution in [0.25, 0.3) is 0 Å². The topological polar surface area (TPSA) is 108 Å². The summed E-state index contributed by atoms with van der Waals surface area (Å²) >= 11 is 0. The van der Waals surface area contributed by atoms with Crippen LogP contribution in [0.3, 0.4) is 0 Å². The number of nitrogens with zero attached hydrogens (tertiary/aromatic N) is 3. The Hall–Kier alpha value is -4.24. The van der Waals surface area contributed by atoms with Crippen molar-refractivity contribution in [2.24, 2.45) is 0 Å². The van der Waals surface area contributed by atoms with Crippen molar-refractivity contribution in [3.63, 3.8) is 0 Å². The molecule has 36 heavy (non-hydrogen) atoms. The third-order valence-electron chi connectivity index (χ3n) is 6.37. The third kappa shape index (κ3) is 5.87. The molecule has 1 atom stereocenters. The van der Waals surface area contributed by atoms with Gasteiger partial charge in [0.2, 0.25) is 0 Å². The molecule has 1 heterocycles. The summed E-state index contributed by atoms with van der Waals surface area (Å²) in [6.45, 7) is 1.81. The standard InChI is InChI=1S/C27H29N5O4/c1-30(2)23-12-10-20(11-13-23)25(31-15-14-19-6-3-4-7-21(19)18-31)17-28-26(33)27(34)29-22-8-5-9-24(16-22)32(35)36/h3-13,16,25H,14-15,17-18H2,1-2H3,(H,28,33)(H,29,34)/t25-/m1/s1. The van der Waals surface area contributed by atoms with E-state index in [4.69, 9.17) is 0 Å². The lowest BCUT2D eigenvalue weighted by Gasteiger charge is -2.36. The van der Waals surface area contributed by atoms with Crippen LogP contribution in [0.1, 0.15) is 22.7 Å². The summed E-state index contributed by atoms with van der Waals surface area (Å²) in [5.41, 5.74) is 4.72. The number of benzene rings is 3. The van der Waals surface area contributed by atoms with Crippen LogP contribution in [0.2, 0.25) is 0 Å². The Morgan fingerprint density at radius 2 is 1.72 bits per heavy atom. The van der Waals surface area contributed by atoms with E-state index in [1.54, 1.807) is 0 Å². The number of hydrogen-bond acceptors (Lipinski definition) is 6. The summed E-state index contributed by atoms with van der Waals surface area (Å²) in [5, 5.41) is 16.2. The van der Waals surface area contributed by atoms with Crippen LogP contribution in [-0.4, -0.2) is 48.8 Å². The minimum absolute atomic E-state index is 0.135. The normalized spacial score (nSPS) is 13.8. The highest BCUT2D eigenvalue weighted by molar-refractivity contribution is 6.39. The predicted octanol–water partition coefficient (Wildman–Crippen LogP) is 3.52. The molecule has 4 rings (SSSR count). The maximum Gasteiger partial charge on any atom is 0.313 e. The summed E-state index contributed by atoms with van der Waals surface area (Å²) in [4.78, 5) is 39.9. The van der Waals surface area contributed by atoms with Gasteiger partial charge in [-0.25, -0.2) is 0 Å². The van der Waals surface area contributed by atoms with Crippen molar-refractivity contribution in [3.8, 4) is 0 Å². The smallest absolute Gasteiger partial charge is 0.313 e. The van der Waals surface area contributed by atoms with Crippen molar-refractivity contribution >= 4 is 28.9 Å². The number of anilines is 2. The monoisotopic (exact) mass is 487 g/mol. The molecule has 186 valence electrons. The molecular formula is C27H29N5O4. The number of nitro groups is 1. The van der Waals surface area contributed by atoms with Gasteiger partial charge in [0.15, 0.2) is 0 Å². The Kier molecular flexibility index (Phi) is 7.60. The molecule has 1 aliphatic rings. The summed E-state index contributed by atoms with van der Waals surface area (Å²) in [6, 6.07) is 21.9. The first kappa shape index (κ1) is 24.9. The van der Waals surface area contributed by atoms with Gasteiger partial charge in [0.1, 0.15) is 0 Å². The number of carbonyl (C=O) groups excluding carboxylic acids is 2. The second kappa shape index (κ2) is 11.0. The van der Waals surface area contributed by atoms with Gasteiger partial charge in [0.25, 0.3) is 5.69 Å². The van der Waals surface area contributed by atoms with E-state index in [-0.39, 0.29) is 24.0 Å². The van der Waals surface area contributed by atoms with Crippen LogP contribution in [-0.2, 0) is 22.6 Å². The molecule has 0 aromatic heterocycles. The molecule has 0 saturated carbocycles. The molecule has 0 spiro atoms. The summed E-state index contributed by atoms with van der Waals surface area (Å²) in [6.07, 6.45) is 0.906. The minimum Gasteiger partial charge on any atom is -0.378 e. The van der Waals surface area contributed by atoms with E-state index < -0.39 is 16.7 Å². The van der Waals surface area contributed by atoms with Crippen molar-refractivity contribution in [3.05, 3.63) is 99.6 Å². The van der Waals surface area contributed by atoms with E-state index in [0.717, 1.165) is 30.8 Å². The van der Waals surface area contributed by atoms with Gasteiger partial charge < -0.3 is 15.5 Å². The predicted molar refractivity (Wildman–Crippen MR) is 139 cm³/mol. The molecule has 0 fully saturated rings. The highest BCUT2D eigenvalue weighted by Crippen LogP contribution is 2.29. The van der Waals surface area contributed by atoms with Crippen molar-refractivity contribution in [2.45, 2.75) is 19.0 Å². The van der Waals surface area contributed by atoms with Gasteiger partial charge >= 0.3 is 11.8 Å². The van der Waals surface area contributed by atoms with Crippen molar-refractivity contribution in [2.75, 3.05) is 37.4 Å². The first-order valence-electron chi connectivity index (χ1n) is 11.7. The van der Waals surface area contributed by atoms with Gasteiger partial charge in [0.05, 0.1) is 11.0 Å². The highest BCUT2D eigenvalue weighted by Gasteiger charge is 2.26. The summed E-state index contributed by atoms with van der Waals surface area (Å²) < 4.78 is 0. The molecule has 9 nitrogen and oxygen atoms in total. The van der Waals surface area contributed by atoms with E-state index in [1.807, 2.05) is 43.3 Å². The average Bonchev–Trinajstić information content (AvgIpc) is 2.89. The number of nitro benzene ring substituents is 1. The molecular weight excluding hydrogens is 458 g/mol. The molecule has 2 amide bonds. The number of fused-ring (bicyclic) bond motifs is 1. The molecule has 9 heteroatoms. The number of nitrogens with one attached hydrogen (secondary N) is 2. The quantitative estimate of drug-likeness (QED) is 0.300. The number of amides is 2. The lowest BCUT2D eigenvalue weighted by atomic mass is 9.96. The number of carbonyl (C=O) groups is 2. The molecule has 2 N–H and O–H groups in total. The van der Waals surface area contributed by atoms with Crippen molar-refractivity contribution < 1.29 is 14.5 Å². The van der Waals surface area contributed by atoms with Crippen LogP contribution in [0.15, 0.2) is 72.8 Å². The van der Waals surface area contributed by atoms with Gasteiger partial charge in [-0.05, 0) is 41.3 Å². The third-order valence-corrected chi connectivity index (χ3v) is 6.37. The fourth-order valence-electron chi connectivity index (χ4n) is 4.39. The van der Waals surface area contributed by atoms with Crippen LogP contribution >= 0.6 is 0 Å². The fourth-order valence-corrected chi connectivity index (χ4v) is 4.39. The second-order valence-corrected chi connectivity index (χ2v) is 8.96. The van der Waals surface area contributed by atoms with E-state index in [1.165, 1.54) is 35.4 Å². The zero-order valence-electron chi connectivity index (χ0n) is 20.3. The Balaban J connectivity index is 1.48. The van der Waals surface area contributed by atoms with Crippen LogP contribution in [0.5, 0.6) is 0 Å². The maximum absolute atomic E-state index is 12.6. The van der Waals surface area contributed by atoms with Crippen LogP contribution < -0.4 is 15.5 Å². The first-order chi connectivity index (χ1) is 17.3. The minimum atomic E-state index is -0.874.